The van der Waals surface area contributed by atoms with Gasteiger partial charge in [0.05, 0.1) is 68.5 Å². The molecule has 2 bridgehead atoms. The summed E-state index contributed by atoms with van der Waals surface area (Å²) in [5.41, 5.74) is -2.39. The molecular weight excluding hydrogens is 1310 g/mol. The largest absolute Gasteiger partial charge is 0.417 e. The smallest absolute Gasteiger partial charge is 0.379 e. The highest BCUT2D eigenvalue weighted by Crippen LogP contribution is 2.39. The summed E-state index contributed by atoms with van der Waals surface area (Å²) >= 11 is 6.13. The van der Waals surface area contributed by atoms with E-state index >= 15 is 28.8 Å². The Labute approximate surface area is 584 Å². The molecule has 4 aliphatic heterocycles. The topological polar surface area (TPSA) is 289 Å². The normalized spacial score (nSPS) is 27.8. The lowest BCUT2D eigenvalue weighted by atomic mass is 9.81. The minimum absolute atomic E-state index is 0.0176. The summed E-state index contributed by atoms with van der Waals surface area (Å²) in [6, 6.07) is -6.67. The number of fused-ring (bicyclic) bond motifs is 3. The van der Waals surface area contributed by atoms with Crippen LogP contribution >= 0.6 is 11.6 Å². The van der Waals surface area contributed by atoms with E-state index in [2.05, 4.69) is 16.0 Å². The number of nitrogens with zero attached hydrogens (tertiary/aromatic N) is 9. The number of halogens is 4. The van der Waals surface area contributed by atoms with Crippen molar-refractivity contribution in [2.24, 2.45) is 11.8 Å². The summed E-state index contributed by atoms with van der Waals surface area (Å²) in [5, 5.41) is 8.02. The minimum atomic E-state index is -4.77. The molecule has 4 heterocycles. The Kier molecular flexibility index (Phi) is 28.0. The zero-order valence-electron chi connectivity index (χ0n) is 59.4. The molecule has 12 amide bonds. The van der Waals surface area contributed by atoms with Crippen molar-refractivity contribution in [2.45, 2.75) is 216 Å². The van der Waals surface area contributed by atoms with Crippen molar-refractivity contribution >= 4 is 82.5 Å². The third kappa shape index (κ3) is 18.9. The second-order valence-corrected chi connectivity index (χ2v) is 28.5. The number of amides is 12. The summed E-state index contributed by atoms with van der Waals surface area (Å²) < 4.78 is 53.2. The first-order valence-electron chi connectivity index (χ1n) is 35.2. The highest BCUT2D eigenvalue weighted by molar-refractivity contribution is 6.31. The molecule has 552 valence electrons. The number of alkyl halides is 3. The monoisotopic (exact) mass is 1420 g/mol. The van der Waals surface area contributed by atoms with Crippen LogP contribution in [0.3, 0.4) is 0 Å². The molecule has 2 aliphatic carbocycles. The van der Waals surface area contributed by atoms with Crippen molar-refractivity contribution < 1.29 is 80.2 Å². The van der Waals surface area contributed by atoms with E-state index in [0.29, 0.717) is 57.8 Å². The molecule has 99 heavy (non-hydrogen) atoms. The van der Waals surface area contributed by atoms with Crippen LogP contribution in [0.2, 0.25) is 5.02 Å². The van der Waals surface area contributed by atoms with E-state index in [1.54, 1.807) is 18.7 Å². The average molecular weight is 1420 g/mol. The SMILES string of the molecule is CCCOC[C@H]1C(=O)N(C)CC(=O)N[C@@H](CCc2ccc(C(F)(F)F)c(Cl)c2)C(=O)N2CCCC2C(=O)NC2(CCCC2)C(=O)N(C)[C@@H](C2CCCCC2)C(=O)N(C)[C@H](C(=O)N2C3CCC2COC3)CC(=O)N(C)[C@@H](CC)C(=O)N[C@@H]([C@@H](C)CC)C(=O)N(C)CC(=O)N(C)CC(=O)N1C. The molecule has 0 radical (unpaired) electrons. The Morgan fingerprint density at radius 1 is 0.687 bits per heavy atom. The van der Waals surface area contributed by atoms with Gasteiger partial charge in [0, 0.05) is 62.5 Å². The number of hydrogen-bond acceptors (Lipinski definition) is 14. The second kappa shape index (κ2) is 35.0. The second-order valence-electron chi connectivity index (χ2n) is 28.1. The highest BCUT2D eigenvalue weighted by atomic mass is 35.5. The number of hydrogen-bond donors (Lipinski definition) is 3. The molecule has 1 aromatic carbocycles. The molecule has 1 aromatic rings. The van der Waals surface area contributed by atoms with Crippen LogP contribution < -0.4 is 16.0 Å². The van der Waals surface area contributed by atoms with Crippen LogP contribution in [0.4, 0.5) is 13.2 Å². The molecule has 6 fully saturated rings. The molecule has 3 N–H and O–H groups in total. The van der Waals surface area contributed by atoms with E-state index in [1.807, 2.05) is 13.8 Å². The van der Waals surface area contributed by atoms with E-state index in [4.69, 9.17) is 21.1 Å². The maximum absolute atomic E-state index is 15.9. The first-order chi connectivity index (χ1) is 46.8. The Morgan fingerprint density at radius 2 is 1.31 bits per heavy atom. The van der Waals surface area contributed by atoms with Gasteiger partial charge in [0.1, 0.15) is 47.8 Å². The van der Waals surface area contributed by atoms with Gasteiger partial charge < -0.3 is 69.5 Å². The van der Waals surface area contributed by atoms with Crippen molar-refractivity contribution in [2.75, 3.05) is 102 Å². The molecule has 7 rings (SSSR count). The lowest BCUT2D eigenvalue weighted by Gasteiger charge is -2.44. The van der Waals surface area contributed by atoms with Crippen molar-refractivity contribution in [3.05, 3.63) is 34.3 Å². The predicted molar refractivity (Wildman–Crippen MR) is 358 cm³/mol. The number of carbonyl (C=O) groups is 12. The summed E-state index contributed by atoms with van der Waals surface area (Å²) in [6.07, 6.45) is 1.71. The van der Waals surface area contributed by atoms with Crippen molar-refractivity contribution in [1.29, 1.82) is 0 Å². The van der Waals surface area contributed by atoms with Crippen LogP contribution in [0.1, 0.15) is 154 Å². The number of ether oxygens (including phenoxy) is 2. The first-order valence-corrected chi connectivity index (χ1v) is 35.5. The zero-order valence-corrected chi connectivity index (χ0v) is 60.2. The lowest BCUT2D eigenvalue weighted by molar-refractivity contribution is -0.159. The number of rotatable bonds is 12. The number of carbonyl (C=O) groups excluding carboxylic acids is 12. The summed E-state index contributed by atoms with van der Waals surface area (Å²) in [5.74, 6) is -9.16. The quantitative estimate of drug-likeness (QED) is 0.252. The standard InChI is InChI=1S/C69H104ClF3N12O14/c1-12-33-98-41-53-63(93)78(6)36-54(86)74-49(29-25-43-24-28-47(48(70)34-43)69(71,72)73)62(92)84-32-20-23-51(84)61(91)76-68(30-18-19-31-68)67(97)83(11)59(44-21-16-15-17-22-44)66(96)82(10)52(64(94)85-45-26-27-46(85)40-99-39-45)35-55(87)80(8)50(14-3)60(90)75-58(42(4)13-2)65(95)79(7)37-56(88)77(5)38-57(89)81(53)9/h24,28,34,42,44-46,49-53,58-59H,12-23,25-27,29-33,35-41H2,1-11H3,(H,74,86)(H,75,90)(H,76,91)/t42-,45?,46?,49-,50-,51?,52-,53-,58-,59-/m0/s1. The Bertz CT molecular complexity index is 3100. The molecule has 30 heteroatoms. The molecule has 26 nitrogen and oxygen atoms in total. The minimum Gasteiger partial charge on any atom is -0.379 e. The third-order valence-corrected chi connectivity index (χ3v) is 21.5. The van der Waals surface area contributed by atoms with Gasteiger partial charge >= 0.3 is 6.18 Å². The van der Waals surface area contributed by atoms with Crippen LogP contribution in [-0.2, 0) is 79.6 Å². The fraction of sp³-hybridized carbons (Fsp3) is 0.739. The number of likely N-dealkylation sites (N-methyl/N-ethyl adjacent to an activating group) is 7. The number of nitrogens with one attached hydrogen (secondary N) is 3. The Hall–Kier alpha value is -7.14. The summed E-state index contributed by atoms with van der Waals surface area (Å²) in [4.78, 5) is 189. The fourth-order valence-electron chi connectivity index (χ4n) is 15.0. The van der Waals surface area contributed by atoms with Crippen LogP contribution in [0, 0.1) is 11.8 Å². The molecule has 1 spiro atoms. The molecule has 0 aromatic heterocycles. The van der Waals surface area contributed by atoms with E-state index in [1.165, 1.54) is 75.0 Å². The molecular formula is C69H104ClF3N12O14. The van der Waals surface area contributed by atoms with Gasteiger partial charge in [0.2, 0.25) is 70.9 Å². The summed E-state index contributed by atoms with van der Waals surface area (Å²) in [6.45, 7) is 5.55. The van der Waals surface area contributed by atoms with Gasteiger partial charge in [0.25, 0.3) is 0 Å². The van der Waals surface area contributed by atoms with Crippen LogP contribution in [0.15, 0.2) is 18.2 Å². The van der Waals surface area contributed by atoms with Gasteiger partial charge in [-0.2, -0.15) is 13.2 Å². The van der Waals surface area contributed by atoms with Gasteiger partial charge in [-0.05, 0) is 107 Å². The fourth-order valence-corrected chi connectivity index (χ4v) is 15.3. The average Bonchev–Trinajstić information content (AvgIpc) is 1.74. The van der Waals surface area contributed by atoms with Crippen LogP contribution in [0.5, 0.6) is 0 Å². The molecule has 2 saturated carbocycles. The van der Waals surface area contributed by atoms with Crippen molar-refractivity contribution in [3.63, 3.8) is 0 Å². The first kappa shape index (κ1) is 79.2. The Balaban J connectivity index is 1.28. The van der Waals surface area contributed by atoms with Crippen LogP contribution in [0.25, 0.3) is 0 Å². The summed E-state index contributed by atoms with van der Waals surface area (Å²) in [7, 11) is 9.66. The molecule has 3 unspecified atom stereocenters. The van der Waals surface area contributed by atoms with E-state index < -0.39 is 173 Å². The number of aryl methyl sites for hydroxylation is 1. The van der Waals surface area contributed by atoms with E-state index in [9.17, 15) is 41.9 Å². The molecule has 4 saturated heterocycles. The van der Waals surface area contributed by atoms with Gasteiger partial charge in [-0.3, -0.25) is 57.5 Å². The van der Waals surface area contributed by atoms with Crippen molar-refractivity contribution in [3.8, 4) is 0 Å². The zero-order chi connectivity index (χ0) is 73.0. The Morgan fingerprint density at radius 3 is 1.92 bits per heavy atom. The molecule has 10 atom stereocenters. The van der Waals surface area contributed by atoms with Crippen LogP contribution in [-0.4, -0.2) is 277 Å². The maximum Gasteiger partial charge on any atom is 0.417 e. The number of benzene rings is 1. The van der Waals surface area contributed by atoms with Gasteiger partial charge in [0.15, 0.2) is 0 Å². The lowest BCUT2D eigenvalue weighted by Crippen LogP contribution is -2.65. The van der Waals surface area contributed by atoms with E-state index in [-0.39, 0.29) is 89.1 Å². The molecule has 6 aliphatic rings. The predicted octanol–water partition coefficient (Wildman–Crippen LogP) is 3.62. The maximum atomic E-state index is 15.9. The highest BCUT2D eigenvalue weighted by Gasteiger charge is 2.52. The van der Waals surface area contributed by atoms with Gasteiger partial charge in [-0.15, -0.1) is 0 Å². The number of morpholine rings is 1. The van der Waals surface area contributed by atoms with Crippen molar-refractivity contribution in [1.82, 2.24) is 60.0 Å². The third-order valence-electron chi connectivity index (χ3n) is 21.2. The van der Waals surface area contributed by atoms with Gasteiger partial charge in [-0.25, -0.2) is 0 Å². The van der Waals surface area contributed by atoms with Gasteiger partial charge in [-0.1, -0.05) is 83.9 Å². The van der Waals surface area contributed by atoms with E-state index in [0.717, 1.165) is 51.0 Å².